The Kier molecular flexibility index (Phi) is 3.56. The Morgan fingerprint density at radius 2 is 2.53 bits per heavy atom. The van der Waals surface area contributed by atoms with Gasteiger partial charge in [0.05, 0.1) is 21.9 Å². The number of thiazole rings is 1. The number of nitrogens with one attached hydrogen (secondary N) is 1. The highest BCUT2D eigenvalue weighted by Crippen LogP contribution is 2.29. The average Bonchev–Trinajstić information content (AvgIpc) is 2.85. The van der Waals surface area contributed by atoms with Gasteiger partial charge in [-0.25, -0.2) is 4.98 Å². The van der Waals surface area contributed by atoms with Crippen LogP contribution in [0.1, 0.15) is 24.4 Å². The summed E-state index contributed by atoms with van der Waals surface area (Å²) < 4.78 is 6.43. The summed E-state index contributed by atoms with van der Waals surface area (Å²) in [6.07, 6.45) is 1.68. The predicted molar refractivity (Wildman–Crippen MR) is 64.0 cm³/mol. The molecule has 0 saturated carbocycles. The predicted octanol–water partition coefficient (Wildman–Crippen LogP) is 3.20. The number of aromatic nitrogens is 1. The number of hydrogen-bond donors (Lipinski definition) is 1. The first-order chi connectivity index (χ1) is 7.33. The third-order valence-corrected chi connectivity index (χ3v) is 3.32. The molecule has 0 aliphatic heterocycles. The van der Waals surface area contributed by atoms with Crippen molar-refractivity contribution in [1.29, 1.82) is 0 Å². The standard InChI is InChI=1S/C10H11BrN2OS/c1-2-12-9(8-5-15-6-13-8)10-7(11)3-4-14-10/h3-6,9,12H,2H2,1H3. The van der Waals surface area contributed by atoms with Crippen molar-refractivity contribution in [3.8, 4) is 0 Å². The quantitative estimate of drug-likeness (QED) is 0.938. The highest BCUT2D eigenvalue weighted by Gasteiger charge is 2.20. The molecule has 1 unspecified atom stereocenters. The highest BCUT2D eigenvalue weighted by molar-refractivity contribution is 9.10. The molecule has 0 radical (unpaired) electrons. The van der Waals surface area contributed by atoms with Crippen LogP contribution in [0.3, 0.4) is 0 Å². The molecule has 0 amide bonds. The van der Waals surface area contributed by atoms with E-state index < -0.39 is 0 Å². The lowest BCUT2D eigenvalue weighted by molar-refractivity contribution is 0.446. The van der Waals surface area contributed by atoms with Crippen molar-refractivity contribution in [2.75, 3.05) is 6.54 Å². The summed E-state index contributed by atoms with van der Waals surface area (Å²) in [6, 6.07) is 1.93. The van der Waals surface area contributed by atoms with Gasteiger partial charge in [0.15, 0.2) is 0 Å². The second-order valence-corrected chi connectivity index (χ2v) is 4.61. The molecule has 15 heavy (non-hydrogen) atoms. The number of furan rings is 1. The summed E-state index contributed by atoms with van der Waals surface area (Å²) in [5.74, 6) is 0.878. The minimum atomic E-state index is 0.0330. The molecule has 0 aliphatic rings. The van der Waals surface area contributed by atoms with Gasteiger partial charge in [0.25, 0.3) is 0 Å². The van der Waals surface area contributed by atoms with Crippen molar-refractivity contribution in [1.82, 2.24) is 10.3 Å². The Balaban J connectivity index is 2.32. The normalized spacial score (nSPS) is 12.9. The molecule has 0 saturated heterocycles. The van der Waals surface area contributed by atoms with Gasteiger partial charge < -0.3 is 9.73 Å². The highest BCUT2D eigenvalue weighted by atomic mass is 79.9. The fourth-order valence-electron chi connectivity index (χ4n) is 1.41. The van der Waals surface area contributed by atoms with Gasteiger partial charge in [-0.15, -0.1) is 11.3 Å². The van der Waals surface area contributed by atoms with Crippen LogP contribution in [0.15, 0.2) is 32.1 Å². The molecule has 2 heterocycles. The van der Waals surface area contributed by atoms with Crippen molar-refractivity contribution < 1.29 is 4.42 Å². The second kappa shape index (κ2) is 4.92. The van der Waals surface area contributed by atoms with E-state index in [-0.39, 0.29) is 6.04 Å². The zero-order valence-electron chi connectivity index (χ0n) is 8.24. The van der Waals surface area contributed by atoms with Crippen LogP contribution in [0, 0.1) is 0 Å². The summed E-state index contributed by atoms with van der Waals surface area (Å²) in [6.45, 7) is 2.94. The second-order valence-electron chi connectivity index (χ2n) is 3.04. The topological polar surface area (TPSA) is 38.1 Å². The van der Waals surface area contributed by atoms with E-state index in [1.165, 1.54) is 0 Å². The number of rotatable bonds is 4. The monoisotopic (exact) mass is 286 g/mol. The minimum Gasteiger partial charge on any atom is -0.466 e. The Morgan fingerprint density at radius 3 is 3.07 bits per heavy atom. The van der Waals surface area contributed by atoms with E-state index in [2.05, 4.69) is 33.2 Å². The number of halogens is 1. The van der Waals surface area contributed by atoms with E-state index in [0.717, 1.165) is 22.5 Å². The lowest BCUT2D eigenvalue weighted by atomic mass is 10.2. The SMILES string of the molecule is CCNC(c1cscn1)c1occc1Br. The van der Waals surface area contributed by atoms with Gasteiger partial charge in [-0.1, -0.05) is 6.92 Å². The minimum absolute atomic E-state index is 0.0330. The van der Waals surface area contributed by atoms with E-state index in [1.807, 2.05) is 17.0 Å². The molecule has 3 nitrogen and oxygen atoms in total. The van der Waals surface area contributed by atoms with Crippen LogP contribution >= 0.6 is 27.3 Å². The molecule has 80 valence electrons. The molecular weight excluding hydrogens is 276 g/mol. The molecule has 0 aromatic carbocycles. The van der Waals surface area contributed by atoms with Crippen LogP contribution in [-0.2, 0) is 0 Å². The van der Waals surface area contributed by atoms with E-state index in [9.17, 15) is 0 Å². The fourth-order valence-corrected chi connectivity index (χ4v) is 2.42. The van der Waals surface area contributed by atoms with Crippen LogP contribution in [0.4, 0.5) is 0 Å². The van der Waals surface area contributed by atoms with E-state index in [1.54, 1.807) is 17.6 Å². The number of nitrogens with zero attached hydrogens (tertiary/aromatic N) is 1. The molecule has 1 atom stereocenters. The zero-order valence-corrected chi connectivity index (χ0v) is 10.6. The lowest BCUT2D eigenvalue weighted by Crippen LogP contribution is -2.22. The van der Waals surface area contributed by atoms with Crippen molar-refractivity contribution in [3.05, 3.63) is 39.1 Å². The van der Waals surface area contributed by atoms with Crippen molar-refractivity contribution in [2.24, 2.45) is 0 Å². The average molecular weight is 287 g/mol. The van der Waals surface area contributed by atoms with Crippen LogP contribution < -0.4 is 5.32 Å². The van der Waals surface area contributed by atoms with Crippen LogP contribution in [-0.4, -0.2) is 11.5 Å². The smallest absolute Gasteiger partial charge is 0.140 e. The van der Waals surface area contributed by atoms with Crippen LogP contribution in [0.25, 0.3) is 0 Å². The van der Waals surface area contributed by atoms with E-state index in [0.29, 0.717) is 0 Å². The van der Waals surface area contributed by atoms with Gasteiger partial charge in [-0.05, 0) is 28.5 Å². The zero-order chi connectivity index (χ0) is 10.7. The first kappa shape index (κ1) is 10.9. The van der Waals surface area contributed by atoms with Gasteiger partial charge in [-0.2, -0.15) is 0 Å². The maximum Gasteiger partial charge on any atom is 0.140 e. The largest absolute Gasteiger partial charge is 0.466 e. The summed E-state index contributed by atoms with van der Waals surface area (Å²) in [4.78, 5) is 4.31. The Morgan fingerprint density at radius 1 is 1.67 bits per heavy atom. The van der Waals surface area contributed by atoms with Crippen LogP contribution in [0.5, 0.6) is 0 Å². The first-order valence-corrected chi connectivity index (χ1v) is 6.41. The van der Waals surface area contributed by atoms with Crippen molar-refractivity contribution >= 4 is 27.3 Å². The molecule has 2 aromatic rings. The van der Waals surface area contributed by atoms with Crippen LogP contribution in [0.2, 0.25) is 0 Å². The fraction of sp³-hybridized carbons (Fsp3) is 0.300. The first-order valence-electron chi connectivity index (χ1n) is 4.67. The Hall–Kier alpha value is -0.650. The summed E-state index contributed by atoms with van der Waals surface area (Å²) in [7, 11) is 0. The van der Waals surface area contributed by atoms with E-state index in [4.69, 9.17) is 4.42 Å². The molecule has 0 bridgehead atoms. The molecule has 0 aliphatic carbocycles. The van der Waals surface area contributed by atoms with Gasteiger partial charge in [-0.3, -0.25) is 0 Å². The maximum absolute atomic E-state index is 5.46. The molecule has 5 heteroatoms. The maximum atomic E-state index is 5.46. The molecule has 1 N–H and O–H groups in total. The van der Waals surface area contributed by atoms with E-state index >= 15 is 0 Å². The molecule has 0 fully saturated rings. The molecule has 2 rings (SSSR count). The van der Waals surface area contributed by atoms with Gasteiger partial charge in [0, 0.05) is 5.38 Å². The third-order valence-electron chi connectivity index (χ3n) is 2.06. The van der Waals surface area contributed by atoms with Gasteiger partial charge >= 0.3 is 0 Å². The molecule has 0 spiro atoms. The summed E-state index contributed by atoms with van der Waals surface area (Å²) in [5, 5.41) is 5.38. The third kappa shape index (κ3) is 2.30. The molecule has 2 aromatic heterocycles. The van der Waals surface area contributed by atoms with Crippen molar-refractivity contribution in [3.63, 3.8) is 0 Å². The Bertz CT molecular complexity index is 413. The van der Waals surface area contributed by atoms with Gasteiger partial charge in [0.2, 0.25) is 0 Å². The van der Waals surface area contributed by atoms with Crippen molar-refractivity contribution in [2.45, 2.75) is 13.0 Å². The summed E-state index contributed by atoms with van der Waals surface area (Å²) >= 11 is 5.05. The van der Waals surface area contributed by atoms with Gasteiger partial charge in [0.1, 0.15) is 11.8 Å². The lowest BCUT2D eigenvalue weighted by Gasteiger charge is -2.13. The summed E-state index contributed by atoms with van der Waals surface area (Å²) in [5.41, 5.74) is 2.83. The Labute approximate surface area is 101 Å². The molecular formula is C10H11BrN2OS. The number of hydrogen-bond acceptors (Lipinski definition) is 4.